The lowest BCUT2D eigenvalue weighted by Crippen LogP contribution is -2.15. The van der Waals surface area contributed by atoms with Gasteiger partial charge in [-0.15, -0.1) is 0 Å². The van der Waals surface area contributed by atoms with Crippen molar-refractivity contribution in [2.75, 3.05) is 17.7 Å². The van der Waals surface area contributed by atoms with E-state index >= 15 is 0 Å². The highest BCUT2D eigenvalue weighted by atomic mass is 16.6. The Hall–Kier alpha value is -2.90. The lowest BCUT2D eigenvalue weighted by atomic mass is 10.1. The minimum atomic E-state index is -0.573. The molecule has 0 saturated heterocycles. The monoisotopic (exact) mass is 289 g/mol. The lowest BCUT2D eigenvalue weighted by molar-refractivity contribution is -0.384. The van der Waals surface area contributed by atoms with Crippen LogP contribution in [0.2, 0.25) is 0 Å². The first-order valence-electron chi connectivity index (χ1n) is 6.20. The van der Waals surface area contributed by atoms with E-state index in [1.54, 1.807) is 44.0 Å². The maximum atomic E-state index is 12.3. The van der Waals surface area contributed by atoms with Gasteiger partial charge in [0.25, 0.3) is 5.91 Å². The molecule has 0 unspecified atom stereocenters. The Labute approximate surface area is 120 Å². The molecular weight excluding hydrogens is 274 g/mol. The first-order valence-corrected chi connectivity index (χ1v) is 6.20. The van der Waals surface area contributed by atoms with Crippen molar-refractivity contribution < 1.29 is 9.72 Å². The van der Waals surface area contributed by atoms with Gasteiger partial charge in [0.05, 0.1) is 16.3 Å². The van der Waals surface area contributed by atoms with Gasteiger partial charge in [0.15, 0.2) is 0 Å². The molecule has 1 amide bonds. The number of nitro benzene ring substituents is 1. The van der Waals surface area contributed by atoms with Gasteiger partial charge in [0.2, 0.25) is 0 Å². The summed E-state index contributed by atoms with van der Waals surface area (Å²) in [5, 5.41) is 20.7. The minimum Gasteiger partial charge on any atom is -0.383 e. The van der Waals surface area contributed by atoms with E-state index in [0.29, 0.717) is 11.4 Å². The predicted molar refractivity (Wildman–Crippen MR) is 78.5 cm³/mol. The second kappa shape index (κ2) is 5.61. The van der Waals surface area contributed by atoms with Gasteiger partial charge in [0, 0.05) is 20.3 Å². The Morgan fingerprint density at radius 3 is 2.62 bits per heavy atom. The highest BCUT2D eigenvalue weighted by molar-refractivity contribution is 6.08. The van der Waals surface area contributed by atoms with Crippen LogP contribution >= 0.6 is 0 Å². The first-order chi connectivity index (χ1) is 9.93. The summed E-state index contributed by atoms with van der Waals surface area (Å²) in [5.74, 6) is -0.546. The molecule has 0 aliphatic rings. The van der Waals surface area contributed by atoms with Crippen LogP contribution in [0.4, 0.5) is 17.1 Å². The molecule has 0 spiro atoms. The zero-order chi connectivity index (χ0) is 15.6. The molecule has 0 atom stereocenters. The molecule has 2 rings (SSSR count). The van der Waals surface area contributed by atoms with E-state index in [1.807, 2.05) is 0 Å². The molecule has 0 bridgehead atoms. The number of para-hydroxylation sites is 1. The molecule has 0 radical (unpaired) electrons. The smallest absolute Gasteiger partial charge is 0.305 e. The highest BCUT2D eigenvalue weighted by Gasteiger charge is 2.24. The number of hydrogen-bond donors (Lipinski definition) is 2. The Morgan fingerprint density at radius 1 is 1.38 bits per heavy atom. The number of anilines is 2. The molecule has 8 nitrogen and oxygen atoms in total. The minimum absolute atomic E-state index is 0.00453. The van der Waals surface area contributed by atoms with Gasteiger partial charge in [0.1, 0.15) is 11.3 Å². The lowest BCUT2D eigenvalue weighted by Gasteiger charge is -2.07. The Balaban J connectivity index is 2.40. The fraction of sp³-hybridized carbons (Fsp3) is 0.231. The molecule has 110 valence electrons. The number of nitrogens with zero attached hydrogens (tertiary/aromatic N) is 3. The van der Waals surface area contributed by atoms with E-state index in [-0.39, 0.29) is 16.9 Å². The van der Waals surface area contributed by atoms with Gasteiger partial charge in [-0.2, -0.15) is 5.10 Å². The SMILES string of the molecule is CNc1cccc(C(=O)Nc2cn(C)nc2C)c1[N+](=O)[O-]. The molecule has 0 fully saturated rings. The quantitative estimate of drug-likeness (QED) is 0.661. The number of carbonyl (C=O) groups excluding carboxylic acids is 1. The Morgan fingerprint density at radius 2 is 2.10 bits per heavy atom. The number of carbonyl (C=O) groups is 1. The van der Waals surface area contributed by atoms with Crippen LogP contribution in [-0.2, 0) is 7.05 Å². The zero-order valence-corrected chi connectivity index (χ0v) is 11.9. The van der Waals surface area contributed by atoms with Crippen LogP contribution in [-0.4, -0.2) is 27.7 Å². The fourth-order valence-corrected chi connectivity index (χ4v) is 2.04. The number of amides is 1. The van der Waals surface area contributed by atoms with Crippen molar-refractivity contribution in [1.82, 2.24) is 9.78 Å². The van der Waals surface area contributed by atoms with Crippen molar-refractivity contribution in [2.45, 2.75) is 6.92 Å². The third kappa shape index (κ3) is 2.83. The maximum absolute atomic E-state index is 12.3. The average Bonchev–Trinajstić information content (AvgIpc) is 2.75. The van der Waals surface area contributed by atoms with Crippen molar-refractivity contribution in [1.29, 1.82) is 0 Å². The molecule has 8 heteroatoms. The van der Waals surface area contributed by atoms with Crippen molar-refractivity contribution in [2.24, 2.45) is 7.05 Å². The van der Waals surface area contributed by atoms with Crippen molar-refractivity contribution in [3.05, 3.63) is 45.8 Å². The predicted octanol–water partition coefficient (Wildman–Crippen LogP) is 1.93. The van der Waals surface area contributed by atoms with Crippen LogP contribution in [0, 0.1) is 17.0 Å². The second-order valence-electron chi connectivity index (χ2n) is 4.46. The standard InChI is InChI=1S/C13H15N5O3/c1-8-11(7-17(3)16-8)15-13(19)9-5-4-6-10(14-2)12(9)18(20)21/h4-7,14H,1-3H3,(H,15,19). The first kappa shape index (κ1) is 14.5. The summed E-state index contributed by atoms with van der Waals surface area (Å²) in [6, 6.07) is 4.55. The van der Waals surface area contributed by atoms with Crippen LogP contribution in [0.15, 0.2) is 24.4 Å². The summed E-state index contributed by atoms with van der Waals surface area (Å²) >= 11 is 0. The summed E-state index contributed by atoms with van der Waals surface area (Å²) in [4.78, 5) is 22.9. The van der Waals surface area contributed by atoms with Crippen LogP contribution < -0.4 is 10.6 Å². The normalized spacial score (nSPS) is 10.2. The molecule has 2 aromatic rings. The number of aryl methyl sites for hydroxylation is 2. The molecule has 21 heavy (non-hydrogen) atoms. The average molecular weight is 289 g/mol. The molecular formula is C13H15N5O3. The van der Waals surface area contributed by atoms with Crippen molar-refractivity contribution in [3.63, 3.8) is 0 Å². The van der Waals surface area contributed by atoms with Crippen molar-refractivity contribution in [3.8, 4) is 0 Å². The van der Waals surface area contributed by atoms with Crippen LogP contribution in [0.5, 0.6) is 0 Å². The van der Waals surface area contributed by atoms with E-state index in [9.17, 15) is 14.9 Å². The third-order valence-electron chi connectivity index (χ3n) is 2.99. The maximum Gasteiger partial charge on any atom is 0.305 e. The summed E-state index contributed by atoms with van der Waals surface area (Å²) in [6.07, 6.45) is 1.64. The molecule has 1 aromatic heterocycles. The van der Waals surface area contributed by atoms with E-state index in [2.05, 4.69) is 15.7 Å². The van der Waals surface area contributed by atoms with Gasteiger partial charge in [-0.3, -0.25) is 19.6 Å². The molecule has 2 N–H and O–H groups in total. The number of rotatable bonds is 4. The second-order valence-corrected chi connectivity index (χ2v) is 4.46. The van der Waals surface area contributed by atoms with Gasteiger partial charge in [-0.05, 0) is 19.1 Å². The van der Waals surface area contributed by atoms with Gasteiger partial charge >= 0.3 is 5.69 Å². The van der Waals surface area contributed by atoms with Gasteiger partial charge in [-0.1, -0.05) is 6.07 Å². The van der Waals surface area contributed by atoms with Crippen molar-refractivity contribution >= 4 is 23.0 Å². The molecule has 0 saturated carbocycles. The Kier molecular flexibility index (Phi) is 3.88. The fourth-order valence-electron chi connectivity index (χ4n) is 2.04. The van der Waals surface area contributed by atoms with E-state index in [1.165, 1.54) is 6.07 Å². The van der Waals surface area contributed by atoms with Gasteiger partial charge < -0.3 is 10.6 Å². The molecule has 1 aromatic carbocycles. The number of hydrogen-bond acceptors (Lipinski definition) is 5. The zero-order valence-electron chi connectivity index (χ0n) is 11.9. The van der Waals surface area contributed by atoms with Crippen LogP contribution in [0.3, 0.4) is 0 Å². The van der Waals surface area contributed by atoms with E-state index in [0.717, 1.165) is 0 Å². The third-order valence-corrected chi connectivity index (χ3v) is 2.99. The van der Waals surface area contributed by atoms with E-state index in [4.69, 9.17) is 0 Å². The van der Waals surface area contributed by atoms with Crippen LogP contribution in [0.1, 0.15) is 16.1 Å². The topological polar surface area (TPSA) is 102 Å². The molecule has 0 aliphatic heterocycles. The molecule has 0 aliphatic carbocycles. The van der Waals surface area contributed by atoms with E-state index < -0.39 is 10.8 Å². The number of nitrogens with one attached hydrogen (secondary N) is 2. The summed E-state index contributed by atoms with van der Waals surface area (Å²) in [7, 11) is 3.29. The highest BCUT2D eigenvalue weighted by Crippen LogP contribution is 2.29. The molecule has 1 heterocycles. The summed E-state index contributed by atoms with van der Waals surface area (Å²) in [5.41, 5.74) is 1.19. The largest absolute Gasteiger partial charge is 0.383 e. The Bertz CT molecular complexity index is 708. The number of benzene rings is 1. The van der Waals surface area contributed by atoms with Gasteiger partial charge in [-0.25, -0.2) is 0 Å². The summed E-state index contributed by atoms with van der Waals surface area (Å²) in [6.45, 7) is 1.74. The van der Waals surface area contributed by atoms with Crippen LogP contribution in [0.25, 0.3) is 0 Å². The summed E-state index contributed by atoms with van der Waals surface area (Å²) < 4.78 is 1.56. The number of aromatic nitrogens is 2. The number of nitro groups is 1.